The monoisotopic (exact) mass is 220 g/mol. The van der Waals surface area contributed by atoms with Crippen molar-refractivity contribution in [1.29, 1.82) is 0 Å². The Kier molecular flexibility index (Phi) is 2.72. The molecule has 0 radical (unpaired) electrons. The molecule has 1 N–H and O–H groups in total. The maximum Gasteiger partial charge on any atom is 0.208 e. The van der Waals surface area contributed by atoms with Gasteiger partial charge in [0.1, 0.15) is 5.76 Å². The van der Waals surface area contributed by atoms with E-state index in [-0.39, 0.29) is 0 Å². The fourth-order valence-corrected chi connectivity index (χ4v) is 2.91. The van der Waals surface area contributed by atoms with E-state index in [1.54, 1.807) is 0 Å². The Morgan fingerprint density at radius 1 is 1.38 bits per heavy atom. The minimum atomic E-state index is 0.663. The number of hydrogen-bond acceptors (Lipinski definition) is 3. The highest BCUT2D eigenvalue weighted by Gasteiger charge is 2.47. The lowest BCUT2D eigenvalue weighted by molar-refractivity contribution is 0.401. The molecule has 2 saturated carbocycles. The van der Waals surface area contributed by atoms with Crippen molar-refractivity contribution >= 4 is 0 Å². The molecule has 0 aliphatic heterocycles. The van der Waals surface area contributed by atoms with Crippen LogP contribution in [0.5, 0.6) is 0 Å². The minimum absolute atomic E-state index is 0.663. The van der Waals surface area contributed by atoms with Crippen molar-refractivity contribution in [1.82, 2.24) is 10.3 Å². The SMILES string of the molecule is CCCNCc1ncc(C2CC3CC3C2)o1. The summed E-state index contributed by atoms with van der Waals surface area (Å²) in [6.45, 7) is 3.97. The molecule has 2 aliphatic carbocycles. The highest BCUT2D eigenvalue weighted by atomic mass is 16.4. The van der Waals surface area contributed by atoms with Crippen LogP contribution in [0.25, 0.3) is 0 Å². The Bertz CT molecular complexity index is 351. The molecule has 3 heteroatoms. The van der Waals surface area contributed by atoms with Crippen LogP contribution in [-0.2, 0) is 6.54 Å². The molecule has 0 saturated heterocycles. The zero-order chi connectivity index (χ0) is 11.0. The van der Waals surface area contributed by atoms with Gasteiger partial charge in [-0.15, -0.1) is 0 Å². The van der Waals surface area contributed by atoms with Crippen LogP contribution in [0.15, 0.2) is 10.6 Å². The third-order valence-electron chi connectivity index (χ3n) is 3.92. The van der Waals surface area contributed by atoms with Gasteiger partial charge in [0, 0.05) is 5.92 Å². The smallest absolute Gasteiger partial charge is 0.208 e. The summed E-state index contributed by atoms with van der Waals surface area (Å²) in [5.41, 5.74) is 0. The Balaban J connectivity index is 1.55. The molecular weight excluding hydrogens is 200 g/mol. The van der Waals surface area contributed by atoms with Crippen LogP contribution in [0.2, 0.25) is 0 Å². The average molecular weight is 220 g/mol. The van der Waals surface area contributed by atoms with Gasteiger partial charge in [-0.1, -0.05) is 6.92 Å². The molecule has 88 valence electrons. The van der Waals surface area contributed by atoms with Gasteiger partial charge in [0.15, 0.2) is 0 Å². The number of fused-ring (bicyclic) bond motifs is 1. The van der Waals surface area contributed by atoms with Crippen LogP contribution in [-0.4, -0.2) is 11.5 Å². The van der Waals surface area contributed by atoms with Crippen molar-refractivity contribution in [3.63, 3.8) is 0 Å². The van der Waals surface area contributed by atoms with Crippen LogP contribution in [0.1, 0.15) is 50.2 Å². The van der Waals surface area contributed by atoms with Gasteiger partial charge in [0.2, 0.25) is 5.89 Å². The predicted octanol–water partition coefficient (Wildman–Crippen LogP) is 2.69. The topological polar surface area (TPSA) is 38.1 Å². The number of aromatic nitrogens is 1. The van der Waals surface area contributed by atoms with E-state index in [1.165, 1.54) is 19.3 Å². The van der Waals surface area contributed by atoms with Crippen LogP contribution < -0.4 is 5.32 Å². The van der Waals surface area contributed by atoms with E-state index in [1.807, 2.05) is 6.20 Å². The van der Waals surface area contributed by atoms with Gasteiger partial charge in [-0.2, -0.15) is 0 Å². The summed E-state index contributed by atoms with van der Waals surface area (Å²) in [5.74, 6) is 4.66. The first-order chi connectivity index (χ1) is 7.86. The molecule has 1 aromatic rings. The van der Waals surface area contributed by atoms with Crippen LogP contribution in [0.4, 0.5) is 0 Å². The molecule has 3 nitrogen and oxygen atoms in total. The molecule has 0 amide bonds. The minimum Gasteiger partial charge on any atom is -0.444 e. The van der Waals surface area contributed by atoms with Crippen LogP contribution >= 0.6 is 0 Å². The lowest BCUT2D eigenvalue weighted by Crippen LogP contribution is -2.13. The van der Waals surface area contributed by atoms with Crippen LogP contribution in [0, 0.1) is 11.8 Å². The van der Waals surface area contributed by atoms with E-state index in [4.69, 9.17) is 4.42 Å². The standard InChI is InChI=1S/C13H20N2O/c1-2-3-14-8-13-15-7-12(16-13)11-5-9-4-10(9)6-11/h7,9-11,14H,2-6,8H2,1H3. The Morgan fingerprint density at radius 3 is 2.94 bits per heavy atom. The highest BCUT2D eigenvalue weighted by Crippen LogP contribution is 2.57. The second kappa shape index (κ2) is 4.21. The lowest BCUT2D eigenvalue weighted by Gasteiger charge is -2.06. The second-order valence-electron chi connectivity index (χ2n) is 5.26. The molecule has 0 aromatic carbocycles. The van der Waals surface area contributed by atoms with Gasteiger partial charge in [-0.25, -0.2) is 4.98 Å². The summed E-state index contributed by atoms with van der Waals surface area (Å²) < 4.78 is 5.81. The molecule has 2 aliphatic rings. The highest BCUT2D eigenvalue weighted by molar-refractivity contribution is 5.10. The molecule has 2 fully saturated rings. The maximum absolute atomic E-state index is 5.81. The maximum atomic E-state index is 5.81. The van der Waals surface area contributed by atoms with Crippen molar-refractivity contribution < 1.29 is 4.42 Å². The fourth-order valence-electron chi connectivity index (χ4n) is 2.91. The first-order valence-corrected chi connectivity index (χ1v) is 6.52. The third kappa shape index (κ3) is 2.01. The van der Waals surface area contributed by atoms with Crippen molar-refractivity contribution in [2.45, 2.75) is 45.1 Å². The van der Waals surface area contributed by atoms with Crippen LogP contribution in [0.3, 0.4) is 0 Å². The summed E-state index contributed by atoms with van der Waals surface area (Å²) in [7, 11) is 0. The van der Waals surface area contributed by atoms with Gasteiger partial charge in [0.05, 0.1) is 12.7 Å². The average Bonchev–Trinajstić information content (AvgIpc) is 2.76. The Hall–Kier alpha value is -0.830. The quantitative estimate of drug-likeness (QED) is 0.775. The van der Waals surface area contributed by atoms with Crippen molar-refractivity contribution in [2.24, 2.45) is 11.8 Å². The number of hydrogen-bond donors (Lipinski definition) is 1. The lowest BCUT2D eigenvalue weighted by atomic mass is 10.0. The van der Waals surface area contributed by atoms with E-state index in [0.717, 1.165) is 43.0 Å². The number of nitrogens with one attached hydrogen (secondary N) is 1. The van der Waals surface area contributed by atoms with Crippen molar-refractivity contribution in [3.8, 4) is 0 Å². The van der Waals surface area contributed by atoms with E-state index >= 15 is 0 Å². The molecule has 16 heavy (non-hydrogen) atoms. The van der Waals surface area contributed by atoms with Gasteiger partial charge < -0.3 is 9.73 Å². The molecule has 3 rings (SSSR count). The van der Waals surface area contributed by atoms with E-state index in [0.29, 0.717) is 5.92 Å². The van der Waals surface area contributed by atoms with Gasteiger partial charge >= 0.3 is 0 Å². The molecule has 2 unspecified atom stereocenters. The van der Waals surface area contributed by atoms with E-state index in [2.05, 4.69) is 17.2 Å². The zero-order valence-corrected chi connectivity index (χ0v) is 9.91. The first-order valence-electron chi connectivity index (χ1n) is 6.52. The molecular formula is C13H20N2O. The predicted molar refractivity (Wildman–Crippen MR) is 62.1 cm³/mol. The van der Waals surface area contributed by atoms with Gasteiger partial charge in [-0.05, 0) is 44.1 Å². The molecule has 2 atom stereocenters. The molecule has 0 bridgehead atoms. The molecule has 1 heterocycles. The summed E-state index contributed by atoms with van der Waals surface area (Å²) in [5, 5.41) is 3.32. The van der Waals surface area contributed by atoms with E-state index < -0.39 is 0 Å². The van der Waals surface area contributed by atoms with E-state index in [9.17, 15) is 0 Å². The summed E-state index contributed by atoms with van der Waals surface area (Å²) in [4.78, 5) is 4.34. The molecule has 1 aromatic heterocycles. The molecule has 0 spiro atoms. The first kappa shape index (κ1) is 10.3. The van der Waals surface area contributed by atoms with Crippen molar-refractivity contribution in [3.05, 3.63) is 17.8 Å². The summed E-state index contributed by atoms with van der Waals surface area (Å²) in [6.07, 6.45) is 7.23. The number of oxazole rings is 1. The zero-order valence-electron chi connectivity index (χ0n) is 9.91. The summed E-state index contributed by atoms with van der Waals surface area (Å²) >= 11 is 0. The third-order valence-corrected chi connectivity index (χ3v) is 3.92. The van der Waals surface area contributed by atoms with Crippen molar-refractivity contribution in [2.75, 3.05) is 6.54 Å². The number of nitrogens with zero attached hydrogens (tertiary/aromatic N) is 1. The fraction of sp³-hybridized carbons (Fsp3) is 0.769. The number of rotatable bonds is 5. The van der Waals surface area contributed by atoms with Gasteiger partial charge in [0.25, 0.3) is 0 Å². The summed E-state index contributed by atoms with van der Waals surface area (Å²) in [6, 6.07) is 0. The second-order valence-corrected chi connectivity index (χ2v) is 5.26. The normalized spacial score (nSPS) is 31.7. The largest absolute Gasteiger partial charge is 0.444 e. The van der Waals surface area contributed by atoms with Gasteiger partial charge in [-0.3, -0.25) is 0 Å². The Labute approximate surface area is 96.6 Å². The Morgan fingerprint density at radius 2 is 2.19 bits per heavy atom.